The van der Waals surface area contributed by atoms with Gasteiger partial charge in [0.2, 0.25) is 0 Å². The number of hydrogen-bond acceptors (Lipinski definition) is 1. The molecule has 2 aromatic rings. The molecule has 0 saturated heterocycles. The Bertz CT molecular complexity index is 783. The molecule has 1 atom stereocenters. The molecular weight excluding hydrogens is 386 g/mol. The van der Waals surface area contributed by atoms with Crippen LogP contribution in [0.2, 0.25) is 0 Å². The van der Waals surface area contributed by atoms with E-state index in [0.717, 1.165) is 27.2 Å². The van der Waals surface area contributed by atoms with Crippen molar-refractivity contribution in [2.45, 2.75) is 11.1 Å². The number of fused-ring (bicyclic) bond motifs is 2. The van der Waals surface area contributed by atoms with Crippen molar-refractivity contribution in [3.05, 3.63) is 57.9 Å². The fraction of sp³-hybridized carbons (Fsp3) is 0.0769. The van der Waals surface area contributed by atoms with Gasteiger partial charge in [-0.25, -0.2) is 4.99 Å². The average molecular weight is 393 g/mol. The maximum atomic E-state index is 12.7. The molecular formula is C13H7F3INS. The monoisotopic (exact) mass is 393 g/mol. The lowest BCUT2D eigenvalue weighted by atomic mass is 10.2. The third-order valence-corrected chi connectivity index (χ3v) is 7.09. The van der Waals surface area contributed by atoms with Crippen LogP contribution in [0.3, 0.4) is 0 Å². The first-order valence-electron chi connectivity index (χ1n) is 5.39. The number of nitrogens with zero attached hydrogens (tertiary/aromatic N) is 1. The summed E-state index contributed by atoms with van der Waals surface area (Å²) >= 11 is 2.26. The predicted octanol–water partition coefficient (Wildman–Crippen LogP) is 4.90. The van der Waals surface area contributed by atoms with E-state index in [0.29, 0.717) is 5.36 Å². The van der Waals surface area contributed by atoms with Crippen molar-refractivity contribution >= 4 is 34.5 Å². The van der Waals surface area contributed by atoms with Crippen molar-refractivity contribution in [1.82, 2.24) is 0 Å². The molecule has 0 spiro atoms. The normalized spacial score (nSPS) is 17.4. The van der Waals surface area contributed by atoms with Crippen LogP contribution in [0.25, 0.3) is 0 Å². The van der Waals surface area contributed by atoms with E-state index < -0.39 is 11.7 Å². The number of rotatable bonds is 0. The third kappa shape index (κ3) is 2.31. The molecule has 0 fully saturated rings. The molecule has 1 aliphatic heterocycles. The molecule has 0 aliphatic carbocycles. The molecule has 3 rings (SSSR count). The minimum Gasteiger partial charge on any atom is -0.247 e. The van der Waals surface area contributed by atoms with Gasteiger partial charge in [0.25, 0.3) is 0 Å². The van der Waals surface area contributed by atoms with E-state index in [1.165, 1.54) is 6.07 Å². The highest BCUT2D eigenvalue weighted by atomic mass is 127. The number of benzene rings is 2. The minimum absolute atomic E-state index is 0.266. The zero-order valence-corrected chi connectivity index (χ0v) is 12.4. The molecule has 0 amide bonds. The average Bonchev–Trinajstić information content (AvgIpc) is 2.37. The highest BCUT2D eigenvalue weighted by Gasteiger charge is 2.30. The van der Waals surface area contributed by atoms with Crippen LogP contribution >= 0.6 is 28.9 Å². The second kappa shape index (κ2) is 4.59. The summed E-state index contributed by atoms with van der Waals surface area (Å²) < 4.78 is 39.0. The summed E-state index contributed by atoms with van der Waals surface area (Å²) in [5.41, 5.74) is 0.106. The maximum Gasteiger partial charge on any atom is 0.416 e. The first kappa shape index (κ1) is 13.1. The largest absolute Gasteiger partial charge is 0.416 e. The first-order valence-corrected chi connectivity index (χ1v) is 9.16. The van der Waals surface area contributed by atoms with Crippen LogP contribution in [0.5, 0.6) is 0 Å². The Morgan fingerprint density at radius 1 is 1.05 bits per heavy atom. The Balaban J connectivity index is 2.33. The highest BCUT2D eigenvalue weighted by Crippen LogP contribution is 2.44. The molecule has 1 nitrogen and oxygen atoms in total. The van der Waals surface area contributed by atoms with Gasteiger partial charge in [0, 0.05) is 9.41 Å². The standard InChI is InChI=1S/C13H7F3INS/c14-13(15,16)8-5-6-12-10(7-8)18-9-3-1-2-4-11(9)19(12)17/h1-7H. The number of para-hydroxylation sites is 1. The van der Waals surface area contributed by atoms with E-state index in [-0.39, 0.29) is 7.66 Å². The van der Waals surface area contributed by atoms with Crippen molar-refractivity contribution in [2.75, 3.05) is 0 Å². The molecule has 0 saturated carbocycles. The third-order valence-electron chi connectivity index (χ3n) is 2.78. The van der Waals surface area contributed by atoms with Gasteiger partial charge in [0.1, 0.15) is 0 Å². The Kier molecular flexibility index (Phi) is 3.17. The van der Waals surface area contributed by atoms with Gasteiger partial charge in [-0.3, -0.25) is 0 Å². The van der Waals surface area contributed by atoms with Crippen LogP contribution < -0.4 is 5.36 Å². The Labute approximate surface area is 121 Å². The van der Waals surface area contributed by atoms with E-state index in [1.807, 2.05) is 24.3 Å². The highest BCUT2D eigenvalue weighted by molar-refractivity contribution is 14.2. The van der Waals surface area contributed by atoms with Gasteiger partial charge in [0.15, 0.2) is 0 Å². The van der Waals surface area contributed by atoms with Crippen LogP contribution in [0.4, 0.5) is 18.9 Å². The van der Waals surface area contributed by atoms with Crippen molar-refractivity contribution < 1.29 is 13.2 Å². The Morgan fingerprint density at radius 2 is 1.79 bits per heavy atom. The van der Waals surface area contributed by atoms with Crippen molar-refractivity contribution in [3.8, 4) is 0 Å². The van der Waals surface area contributed by atoms with Crippen LogP contribution in [-0.2, 0) is 6.18 Å². The predicted molar refractivity (Wildman–Crippen MR) is 77.4 cm³/mol. The molecule has 0 N–H and O–H groups in total. The molecule has 0 aromatic heterocycles. The lowest BCUT2D eigenvalue weighted by Crippen LogP contribution is -2.13. The number of alkyl halides is 3. The molecule has 0 bridgehead atoms. The summed E-state index contributed by atoms with van der Waals surface area (Å²) in [4.78, 5) is 5.40. The van der Waals surface area contributed by atoms with Gasteiger partial charge in [-0.05, 0) is 51.5 Å². The van der Waals surface area contributed by atoms with Gasteiger partial charge in [0.05, 0.1) is 16.6 Å². The van der Waals surface area contributed by atoms with Crippen LogP contribution in [0.15, 0.2) is 52.4 Å². The molecule has 1 heterocycles. The molecule has 98 valence electrons. The summed E-state index contributed by atoms with van der Waals surface area (Å²) in [5.74, 6) is 0. The van der Waals surface area contributed by atoms with Gasteiger partial charge >= 0.3 is 6.18 Å². The van der Waals surface area contributed by atoms with Gasteiger partial charge in [-0.15, -0.1) is 0 Å². The Hall–Kier alpha value is -0.890. The number of halogens is 4. The summed E-state index contributed by atoms with van der Waals surface area (Å²) in [6, 6.07) is 11.3. The van der Waals surface area contributed by atoms with E-state index in [2.05, 4.69) is 26.2 Å². The van der Waals surface area contributed by atoms with Crippen LogP contribution in [0.1, 0.15) is 5.56 Å². The lowest BCUT2D eigenvalue weighted by molar-refractivity contribution is -0.137. The fourth-order valence-corrected chi connectivity index (χ4v) is 5.32. The van der Waals surface area contributed by atoms with Crippen LogP contribution in [0, 0.1) is 4.51 Å². The summed E-state index contributed by atoms with van der Waals surface area (Å²) in [7, 11) is -0.266. The van der Waals surface area contributed by atoms with E-state index >= 15 is 0 Å². The van der Waals surface area contributed by atoms with Gasteiger partial charge in [-0.2, -0.15) is 13.2 Å². The maximum absolute atomic E-state index is 12.7. The van der Waals surface area contributed by atoms with Crippen molar-refractivity contribution in [3.63, 3.8) is 0 Å². The molecule has 1 aliphatic rings. The number of hydrogen-bond donors (Lipinski definition) is 0. The van der Waals surface area contributed by atoms with E-state index in [9.17, 15) is 13.2 Å². The topological polar surface area (TPSA) is 12.4 Å². The zero-order valence-electron chi connectivity index (χ0n) is 9.41. The summed E-state index contributed by atoms with van der Waals surface area (Å²) in [6.45, 7) is 0. The minimum atomic E-state index is -4.33. The van der Waals surface area contributed by atoms with Gasteiger partial charge in [-0.1, -0.05) is 19.8 Å². The fourth-order valence-electron chi connectivity index (χ4n) is 1.88. The molecule has 1 unspecified atom stereocenters. The summed E-state index contributed by atoms with van der Waals surface area (Å²) in [5, 5.41) is 0.422. The smallest absolute Gasteiger partial charge is 0.247 e. The van der Waals surface area contributed by atoms with Crippen molar-refractivity contribution in [1.29, 1.82) is 0 Å². The SMILES string of the molecule is FC(F)(F)c1ccc2c(c1)=Nc1ccccc1S=2I. The molecule has 19 heavy (non-hydrogen) atoms. The quantitative estimate of drug-likeness (QED) is 0.446. The summed E-state index contributed by atoms with van der Waals surface area (Å²) in [6.07, 6.45) is -4.33. The Morgan fingerprint density at radius 3 is 2.53 bits per heavy atom. The second-order valence-corrected chi connectivity index (χ2v) is 8.05. The van der Waals surface area contributed by atoms with Crippen LogP contribution in [-0.4, -0.2) is 0 Å². The molecule has 2 aromatic carbocycles. The van der Waals surface area contributed by atoms with Crippen molar-refractivity contribution in [2.24, 2.45) is 4.99 Å². The molecule has 0 radical (unpaired) electrons. The van der Waals surface area contributed by atoms with E-state index in [1.54, 1.807) is 0 Å². The lowest BCUT2D eigenvalue weighted by Gasteiger charge is -2.12. The molecule has 6 heteroatoms. The second-order valence-electron chi connectivity index (χ2n) is 4.02. The van der Waals surface area contributed by atoms with E-state index in [4.69, 9.17) is 0 Å². The zero-order chi connectivity index (χ0) is 13.6. The van der Waals surface area contributed by atoms with Gasteiger partial charge < -0.3 is 0 Å². The first-order chi connectivity index (χ1) is 8.97.